The van der Waals surface area contributed by atoms with E-state index in [4.69, 9.17) is 9.84 Å². The smallest absolute Gasteiger partial charge is 0.335 e. The zero-order valence-corrected chi connectivity index (χ0v) is 12.3. The molecule has 0 bridgehead atoms. The summed E-state index contributed by atoms with van der Waals surface area (Å²) in [6, 6.07) is 5.91. The van der Waals surface area contributed by atoms with E-state index >= 15 is 0 Å². The normalized spacial score (nSPS) is 17.1. The van der Waals surface area contributed by atoms with Crippen LogP contribution in [-0.4, -0.2) is 48.4 Å². The fraction of sp³-hybridized carbons (Fsp3) is 0.333. The average Bonchev–Trinajstić information content (AvgIpc) is 3.06. The van der Waals surface area contributed by atoms with Gasteiger partial charge in [-0.1, -0.05) is 12.1 Å². The summed E-state index contributed by atoms with van der Waals surface area (Å²) in [5.41, 5.74) is 2.85. The number of aromatic carboxylic acids is 1. The van der Waals surface area contributed by atoms with E-state index in [1.807, 2.05) is 0 Å². The zero-order chi connectivity index (χ0) is 16.7. The molecule has 2 rings (SSSR count). The highest BCUT2D eigenvalue weighted by Gasteiger charge is 2.18. The van der Waals surface area contributed by atoms with E-state index in [0.29, 0.717) is 18.7 Å². The van der Waals surface area contributed by atoms with Crippen LogP contribution in [0.2, 0.25) is 0 Å². The van der Waals surface area contributed by atoms with Crippen molar-refractivity contribution >= 4 is 24.0 Å². The maximum Gasteiger partial charge on any atom is 0.335 e. The number of carbonyl (C=O) groups is 3. The van der Waals surface area contributed by atoms with Crippen LogP contribution in [0.5, 0.6) is 0 Å². The summed E-state index contributed by atoms with van der Waals surface area (Å²) >= 11 is 0. The number of amides is 2. The van der Waals surface area contributed by atoms with Crippen LogP contribution in [0.1, 0.15) is 28.8 Å². The number of hydrazone groups is 1. The lowest BCUT2D eigenvalue weighted by atomic mass is 10.1. The van der Waals surface area contributed by atoms with Gasteiger partial charge in [-0.2, -0.15) is 5.10 Å². The zero-order valence-electron chi connectivity index (χ0n) is 12.3. The number of nitrogens with zero attached hydrogens (tertiary/aromatic N) is 1. The summed E-state index contributed by atoms with van der Waals surface area (Å²) in [6.45, 7) is 0.977. The molecule has 0 spiro atoms. The number of nitrogens with one attached hydrogen (secondary N) is 2. The fourth-order valence-corrected chi connectivity index (χ4v) is 2.02. The molecule has 1 aliphatic rings. The van der Waals surface area contributed by atoms with E-state index in [1.54, 1.807) is 0 Å². The van der Waals surface area contributed by atoms with Crippen molar-refractivity contribution in [3.63, 3.8) is 0 Å². The molecule has 1 atom stereocenters. The van der Waals surface area contributed by atoms with Crippen molar-refractivity contribution in [3.05, 3.63) is 35.4 Å². The van der Waals surface area contributed by atoms with Crippen LogP contribution in [0.3, 0.4) is 0 Å². The van der Waals surface area contributed by atoms with Gasteiger partial charge in [-0.05, 0) is 30.5 Å². The van der Waals surface area contributed by atoms with Crippen LogP contribution in [0.4, 0.5) is 0 Å². The van der Waals surface area contributed by atoms with Crippen molar-refractivity contribution in [2.24, 2.45) is 5.10 Å². The molecule has 1 aliphatic heterocycles. The molecule has 0 radical (unpaired) electrons. The quantitative estimate of drug-likeness (QED) is 0.405. The van der Waals surface area contributed by atoms with E-state index in [9.17, 15) is 14.4 Å². The van der Waals surface area contributed by atoms with Gasteiger partial charge in [-0.3, -0.25) is 9.59 Å². The van der Waals surface area contributed by atoms with Crippen molar-refractivity contribution in [1.82, 2.24) is 10.7 Å². The number of hydrogen-bond acceptors (Lipinski definition) is 5. The van der Waals surface area contributed by atoms with Gasteiger partial charge < -0.3 is 15.2 Å². The van der Waals surface area contributed by atoms with Crippen LogP contribution in [0, 0.1) is 0 Å². The van der Waals surface area contributed by atoms with Crippen LogP contribution in [0.15, 0.2) is 29.4 Å². The summed E-state index contributed by atoms with van der Waals surface area (Å²) in [7, 11) is 0. The first-order valence-corrected chi connectivity index (χ1v) is 7.12. The molecule has 0 aromatic heterocycles. The Morgan fingerprint density at radius 2 is 2.00 bits per heavy atom. The number of rotatable bonds is 5. The lowest BCUT2D eigenvalue weighted by molar-refractivity contribution is -0.139. The van der Waals surface area contributed by atoms with Crippen molar-refractivity contribution in [3.8, 4) is 0 Å². The Bertz CT molecular complexity index is 606. The van der Waals surface area contributed by atoms with Gasteiger partial charge in [0.25, 0.3) is 0 Å². The number of carboxylic acid groups (broad SMARTS) is 1. The third-order valence-corrected chi connectivity index (χ3v) is 3.26. The number of ether oxygens (including phenoxy) is 1. The fourth-order valence-electron chi connectivity index (χ4n) is 2.02. The van der Waals surface area contributed by atoms with Crippen LogP contribution in [0.25, 0.3) is 0 Å². The molecule has 2 amide bonds. The molecule has 0 unspecified atom stereocenters. The lowest BCUT2D eigenvalue weighted by Crippen LogP contribution is -2.41. The van der Waals surface area contributed by atoms with E-state index in [2.05, 4.69) is 15.8 Å². The molecule has 1 aromatic rings. The molecule has 0 saturated carbocycles. The van der Waals surface area contributed by atoms with E-state index in [1.165, 1.54) is 30.5 Å². The summed E-state index contributed by atoms with van der Waals surface area (Å²) < 4.78 is 5.33. The predicted molar refractivity (Wildman–Crippen MR) is 81.1 cm³/mol. The molecular weight excluding hydrogens is 302 g/mol. The topological polar surface area (TPSA) is 117 Å². The van der Waals surface area contributed by atoms with Gasteiger partial charge in [0.2, 0.25) is 0 Å². The molecule has 0 aliphatic carbocycles. The molecule has 1 aromatic carbocycles. The first-order valence-electron chi connectivity index (χ1n) is 7.12. The Morgan fingerprint density at radius 1 is 1.26 bits per heavy atom. The molecule has 1 saturated heterocycles. The molecule has 8 heteroatoms. The summed E-state index contributed by atoms with van der Waals surface area (Å²) in [5.74, 6) is -2.68. The second-order valence-corrected chi connectivity index (χ2v) is 4.97. The Morgan fingerprint density at radius 3 is 2.61 bits per heavy atom. The van der Waals surface area contributed by atoms with Crippen LogP contribution in [-0.2, 0) is 14.3 Å². The van der Waals surface area contributed by atoms with Crippen LogP contribution < -0.4 is 10.7 Å². The highest BCUT2D eigenvalue weighted by molar-refractivity contribution is 6.35. The van der Waals surface area contributed by atoms with E-state index in [-0.39, 0.29) is 11.7 Å². The molecule has 8 nitrogen and oxygen atoms in total. The SMILES string of the molecule is O=C(NC[C@@H]1CCCO1)C(=O)N/N=C\c1ccc(C(=O)O)cc1. The number of hydrogen-bond donors (Lipinski definition) is 3. The molecule has 122 valence electrons. The van der Waals surface area contributed by atoms with Gasteiger partial charge in [0, 0.05) is 13.2 Å². The third kappa shape index (κ3) is 5.19. The second-order valence-electron chi connectivity index (χ2n) is 4.97. The maximum absolute atomic E-state index is 11.5. The van der Waals surface area contributed by atoms with Crippen LogP contribution >= 0.6 is 0 Å². The minimum Gasteiger partial charge on any atom is -0.478 e. The summed E-state index contributed by atoms with van der Waals surface area (Å²) in [5, 5.41) is 14.9. The molecular formula is C15H17N3O5. The lowest BCUT2D eigenvalue weighted by Gasteiger charge is -2.09. The molecule has 1 heterocycles. The Labute approximate surface area is 132 Å². The average molecular weight is 319 g/mol. The second kappa shape index (κ2) is 8.04. The van der Waals surface area contributed by atoms with Gasteiger partial charge in [-0.25, -0.2) is 10.2 Å². The number of carboxylic acids is 1. The Hall–Kier alpha value is -2.74. The minimum atomic E-state index is -1.02. The van der Waals surface area contributed by atoms with Gasteiger partial charge >= 0.3 is 17.8 Å². The Kier molecular flexibility index (Phi) is 5.81. The third-order valence-electron chi connectivity index (χ3n) is 3.26. The van der Waals surface area contributed by atoms with Gasteiger partial charge in [0.05, 0.1) is 17.9 Å². The summed E-state index contributed by atoms with van der Waals surface area (Å²) in [4.78, 5) is 33.8. The minimum absolute atomic E-state index is 0.0389. The van der Waals surface area contributed by atoms with Crippen molar-refractivity contribution < 1.29 is 24.2 Å². The first-order chi connectivity index (χ1) is 11.1. The Balaban J connectivity index is 1.76. The maximum atomic E-state index is 11.5. The van der Waals surface area contributed by atoms with E-state index in [0.717, 1.165) is 12.8 Å². The number of carbonyl (C=O) groups excluding carboxylic acids is 2. The van der Waals surface area contributed by atoms with Crippen molar-refractivity contribution in [1.29, 1.82) is 0 Å². The number of benzene rings is 1. The summed E-state index contributed by atoms with van der Waals surface area (Å²) in [6.07, 6.45) is 3.10. The predicted octanol–water partition coefficient (Wildman–Crippen LogP) is 0.130. The van der Waals surface area contributed by atoms with Gasteiger partial charge in [-0.15, -0.1) is 0 Å². The highest BCUT2D eigenvalue weighted by atomic mass is 16.5. The standard InChI is InChI=1S/C15H17N3O5/c19-13(16-9-12-2-1-7-23-12)14(20)18-17-8-10-3-5-11(6-4-10)15(21)22/h3-6,8,12H,1-2,7,9H2,(H,16,19)(H,18,20)(H,21,22)/b17-8-/t12-/m0/s1. The molecule has 23 heavy (non-hydrogen) atoms. The van der Waals surface area contributed by atoms with E-state index < -0.39 is 17.8 Å². The van der Waals surface area contributed by atoms with Gasteiger partial charge in [0.15, 0.2) is 0 Å². The van der Waals surface area contributed by atoms with Crippen molar-refractivity contribution in [2.75, 3.05) is 13.2 Å². The van der Waals surface area contributed by atoms with Gasteiger partial charge in [0.1, 0.15) is 0 Å². The van der Waals surface area contributed by atoms with Crippen molar-refractivity contribution in [2.45, 2.75) is 18.9 Å². The molecule has 1 fully saturated rings. The first kappa shape index (κ1) is 16.6. The molecule has 3 N–H and O–H groups in total. The highest BCUT2D eigenvalue weighted by Crippen LogP contribution is 2.10. The largest absolute Gasteiger partial charge is 0.478 e. The monoisotopic (exact) mass is 319 g/mol.